The molecule has 29 heavy (non-hydrogen) atoms. The Labute approximate surface area is 166 Å². The minimum Gasteiger partial charge on any atom is -0.491 e. The lowest BCUT2D eigenvalue weighted by Gasteiger charge is -2.09. The lowest BCUT2D eigenvalue weighted by atomic mass is 10.2. The van der Waals surface area contributed by atoms with Gasteiger partial charge in [0, 0.05) is 23.7 Å². The van der Waals surface area contributed by atoms with Crippen LogP contribution in [0.3, 0.4) is 0 Å². The molecule has 2 aromatic carbocycles. The topological polar surface area (TPSA) is 85.4 Å². The van der Waals surface area contributed by atoms with E-state index in [0.29, 0.717) is 25.3 Å². The molecule has 0 fully saturated rings. The second kappa shape index (κ2) is 8.95. The third-order valence-electron chi connectivity index (χ3n) is 4.14. The summed E-state index contributed by atoms with van der Waals surface area (Å²) >= 11 is 0. The van der Waals surface area contributed by atoms with Gasteiger partial charge in [0.05, 0.1) is 11.5 Å². The molecule has 152 valence electrons. The van der Waals surface area contributed by atoms with E-state index in [9.17, 15) is 22.0 Å². The van der Waals surface area contributed by atoms with Crippen LogP contribution >= 0.6 is 0 Å². The van der Waals surface area contributed by atoms with Crippen molar-refractivity contribution in [2.24, 2.45) is 0 Å². The number of para-hydroxylation sites is 1. The highest BCUT2D eigenvalue weighted by Gasteiger charge is 2.26. The fraction of sp³-hybridized carbons (Fsp3) is 0.200. The van der Waals surface area contributed by atoms with Gasteiger partial charge in [-0.25, -0.2) is 8.42 Å². The first kappa shape index (κ1) is 20.7. The normalized spacial score (nSPS) is 11.6. The molecule has 3 aromatic rings. The fourth-order valence-corrected chi connectivity index (χ4v) is 3.37. The second-order valence-corrected chi connectivity index (χ2v) is 8.04. The van der Waals surface area contributed by atoms with Gasteiger partial charge in [-0.05, 0) is 42.8 Å². The molecule has 1 heterocycles. The molecule has 1 N–H and O–H groups in total. The predicted octanol–water partition coefficient (Wildman–Crippen LogP) is 3.43. The highest BCUT2D eigenvalue weighted by Crippen LogP contribution is 2.23. The summed E-state index contributed by atoms with van der Waals surface area (Å²) in [5, 5.41) is 3.64. The number of amides is 1. The number of fused-ring (bicyclic) bond motifs is 1. The molecule has 0 saturated carbocycles. The van der Waals surface area contributed by atoms with E-state index in [0.717, 1.165) is 23.0 Å². The van der Waals surface area contributed by atoms with Crippen LogP contribution in [0.25, 0.3) is 10.9 Å². The van der Waals surface area contributed by atoms with Crippen LogP contribution in [0.15, 0.2) is 65.7 Å². The maximum atomic E-state index is 12.5. The van der Waals surface area contributed by atoms with Gasteiger partial charge in [0.15, 0.2) is 0 Å². The molecule has 0 aliphatic rings. The van der Waals surface area contributed by atoms with E-state index in [1.54, 1.807) is 6.20 Å². The van der Waals surface area contributed by atoms with Gasteiger partial charge in [-0.2, -0.15) is 8.78 Å². The van der Waals surface area contributed by atoms with Crippen molar-refractivity contribution in [1.82, 2.24) is 10.3 Å². The molecule has 6 nitrogen and oxygen atoms in total. The van der Waals surface area contributed by atoms with E-state index in [1.165, 1.54) is 12.1 Å². The Morgan fingerprint density at radius 2 is 1.79 bits per heavy atom. The van der Waals surface area contributed by atoms with Gasteiger partial charge >= 0.3 is 5.76 Å². The van der Waals surface area contributed by atoms with Gasteiger partial charge in [0.2, 0.25) is 9.84 Å². The maximum absolute atomic E-state index is 12.5. The monoisotopic (exact) mass is 420 g/mol. The van der Waals surface area contributed by atoms with Crippen molar-refractivity contribution in [2.45, 2.75) is 17.1 Å². The maximum Gasteiger partial charge on any atom is 0.341 e. The number of nitrogens with one attached hydrogen (secondary N) is 1. The van der Waals surface area contributed by atoms with Crippen LogP contribution in [0.4, 0.5) is 8.78 Å². The van der Waals surface area contributed by atoms with Crippen LogP contribution in [-0.4, -0.2) is 38.2 Å². The van der Waals surface area contributed by atoms with Crippen LogP contribution in [0, 0.1) is 0 Å². The SMILES string of the molecule is O=C(NCCCOc1cccc2cccnc12)c1ccc(S(=O)(=O)C(F)F)cc1. The lowest BCUT2D eigenvalue weighted by molar-refractivity contribution is 0.0951. The quantitative estimate of drug-likeness (QED) is 0.565. The van der Waals surface area contributed by atoms with Crippen molar-refractivity contribution in [3.63, 3.8) is 0 Å². The standard InChI is InChI=1S/C20H18F2N2O4S/c21-20(22)29(26,27)16-9-7-15(8-10-16)19(25)24-12-3-13-28-17-6-1-4-14-5-2-11-23-18(14)17/h1-2,4-11,20H,3,12-13H2,(H,24,25). The summed E-state index contributed by atoms with van der Waals surface area (Å²) in [7, 11) is -4.67. The van der Waals surface area contributed by atoms with Crippen LogP contribution < -0.4 is 10.1 Å². The van der Waals surface area contributed by atoms with Gasteiger partial charge in [-0.3, -0.25) is 9.78 Å². The Balaban J connectivity index is 1.49. The minimum absolute atomic E-state index is 0.178. The number of alkyl halides is 2. The summed E-state index contributed by atoms with van der Waals surface area (Å²) in [6.45, 7) is 0.690. The van der Waals surface area contributed by atoms with E-state index >= 15 is 0 Å². The number of halogens is 2. The first-order valence-corrected chi connectivity index (χ1v) is 10.3. The molecule has 0 spiro atoms. The van der Waals surface area contributed by atoms with E-state index in [2.05, 4.69) is 10.3 Å². The summed E-state index contributed by atoms with van der Waals surface area (Å²) in [4.78, 5) is 15.9. The summed E-state index contributed by atoms with van der Waals surface area (Å²) in [6, 6.07) is 13.8. The number of nitrogens with zero attached hydrogens (tertiary/aromatic N) is 1. The Kier molecular flexibility index (Phi) is 6.38. The van der Waals surface area contributed by atoms with E-state index in [4.69, 9.17) is 4.74 Å². The summed E-state index contributed by atoms with van der Waals surface area (Å²) in [5.74, 6) is -3.28. The molecule has 0 saturated heterocycles. The molecule has 1 aromatic heterocycles. The molecular weight excluding hydrogens is 402 g/mol. The molecule has 3 rings (SSSR count). The molecule has 0 atom stereocenters. The van der Waals surface area contributed by atoms with E-state index in [1.807, 2.05) is 30.3 Å². The Morgan fingerprint density at radius 3 is 2.52 bits per heavy atom. The van der Waals surface area contributed by atoms with Crippen molar-refractivity contribution in [2.75, 3.05) is 13.2 Å². The molecule has 0 aliphatic heterocycles. The number of hydrogen-bond acceptors (Lipinski definition) is 5. The molecule has 1 amide bonds. The van der Waals surface area contributed by atoms with Crippen molar-refractivity contribution in [3.05, 3.63) is 66.4 Å². The Bertz CT molecular complexity index is 1100. The smallest absolute Gasteiger partial charge is 0.341 e. The Hall–Kier alpha value is -3.07. The summed E-state index contributed by atoms with van der Waals surface area (Å²) in [5.41, 5.74) is 0.940. The van der Waals surface area contributed by atoms with Crippen LogP contribution in [-0.2, 0) is 9.84 Å². The number of carbonyl (C=O) groups is 1. The first-order chi connectivity index (χ1) is 13.9. The van der Waals surface area contributed by atoms with E-state index in [-0.39, 0.29) is 5.56 Å². The van der Waals surface area contributed by atoms with Gasteiger partial charge in [-0.1, -0.05) is 18.2 Å². The predicted molar refractivity (Wildman–Crippen MR) is 104 cm³/mol. The van der Waals surface area contributed by atoms with Crippen molar-refractivity contribution >= 4 is 26.6 Å². The zero-order valence-electron chi connectivity index (χ0n) is 15.2. The number of hydrogen-bond donors (Lipinski definition) is 1. The second-order valence-electron chi connectivity index (χ2n) is 6.12. The molecule has 0 unspecified atom stereocenters. The number of benzene rings is 2. The number of aromatic nitrogens is 1. The Morgan fingerprint density at radius 1 is 1.07 bits per heavy atom. The molecule has 0 radical (unpaired) electrons. The highest BCUT2D eigenvalue weighted by molar-refractivity contribution is 7.91. The van der Waals surface area contributed by atoms with Crippen LogP contribution in [0.2, 0.25) is 0 Å². The molecule has 0 aliphatic carbocycles. The highest BCUT2D eigenvalue weighted by atomic mass is 32.2. The van der Waals surface area contributed by atoms with Crippen molar-refractivity contribution < 1.29 is 26.7 Å². The lowest BCUT2D eigenvalue weighted by Crippen LogP contribution is -2.25. The van der Waals surface area contributed by atoms with Crippen LogP contribution in [0.5, 0.6) is 5.75 Å². The van der Waals surface area contributed by atoms with Gasteiger partial charge < -0.3 is 10.1 Å². The third-order valence-corrected chi connectivity index (χ3v) is 5.54. The number of rotatable bonds is 8. The molecule has 9 heteroatoms. The average molecular weight is 420 g/mol. The summed E-state index contributed by atoms with van der Waals surface area (Å²) in [6.07, 6.45) is 2.22. The third kappa shape index (κ3) is 4.86. The summed E-state index contributed by atoms with van der Waals surface area (Å²) < 4.78 is 53.5. The fourth-order valence-electron chi connectivity index (χ4n) is 2.65. The van der Waals surface area contributed by atoms with Gasteiger partial charge in [0.1, 0.15) is 11.3 Å². The minimum atomic E-state index is -4.67. The zero-order chi connectivity index (χ0) is 20.9. The molecular formula is C20H18F2N2O4S. The number of ether oxygens (including phenoxy) is 1. The first-order valence-electron chi connectivity index (χ1n) is 8.76. The van der Waals surface area contributed by atoms with E-state index < -0.39 is 26.4 Å². The number of carbonyl (C=O) groups excluding carboxylic acids is 1. The van der Waals surface area contributed by atoms with Crippen molar-refractivity contribution in [3.8, 4) is 5.75 Å². The zero-order valence-corrected chi connectivity index (χ0v) is 16.0. The average Bonchev–Trinajstić information content (AvgIpc) is 2.73. The largest absolute Gasteiger partial charge is 0.491 e. The number of sulfone groups is 1. The van der Waals surface area contributed by atoms with Crippen LogP contribution in [0.1, 0.15) is 16.8 Å². The molecule has 0 bridgehead atoms. The van der Waals surface area contributed by atoms with Gasteiger partial charge in [-0.15, -0.1) is 0 Å². The van der Waals surface area contributed by atoms with Gasteiger partial charge in [0.25, 0.3) is 5.91 Å². The number of pyridine rings is 1. The van der Waals surface area contributed by atoms with Crippen molar-refractivity contribution in [1.29, 1.82) is 0 Å².